The summed E-state index contributed by atoms with van der Waals surface area (Å²) in [4.78, 5) is 28.7. The summed E-state index contributed by atoms with van der Waals surface area (Å²) in [5, 5.41) is 0. The van der Waals surface area contributed by atoms with Crippen LogP contribution in [-0.4, -0.2) is 47.0 Å². The van der Waals surface area contributed by atoms with E-state index in [2.05, 4.69) is 0 Å². The molecule has 0 radical (unpaired) electrons. The van der Waals surface area contributed by atoms with Crippen molar-refractivity contribution in [3.63, 3.8) is 0 Å². The molecule has 2 fully saturated rings. The first-order valence-electron chi connectivity index (χ1n) is 9.76. The van der Waals surface area contributed by atoms with E-state index in [0.717, 1.165) is 18.2 Å². The van der Waals surface area contributed by atoms with Gasteiger partial charge in [0.2, 0.25) is 5.91 Å². The third-order valence-corrected chi connectivity index (χ3v) is 5.79. The number of amides is 2. The van der Waals surface area contributed by atoms with Crippen molar-refractivity contribution in [3.05, 3.63) is 35.4 Å². The van der Waals surface area contributed by atoms with Gasteiger partial charge in [-0.25, -0.2) is 13.6 Å². The topological polar surface area (TPSA) is 49.9 Å². The maximum atomic E-state index is 14.1. The first-order chi connectivity index (χ1) is 13.0. The molecular weight excluding hydrogens is 366 g/mol. The number of hydrogen-bond donors (Lipinski definition) is 0. The van der Waals surface area contributed by atoms with Crippen molar-refractivity contribution in [3.8, 4) is 0 Å². The quantitative estimate of drug-likeness (QED) is 0.753. The Hall–Kier alpha value is -2.18. The molecule has 0 aromatic heterocycles. The van der Waals surface area contributed by atoms with Gasteiger partial charge in [-0.15, -0.1) is 0 Å². The van der Waals surface area contributed by atoms with Crippen molar-refractivity contribution >= 4 is 12.0 Å². The number of hydrogen-bond acceptors (Lipinski definition) is 3. The number of piperidine rings is 1. The number of halogens is 2. The molecule has 1 atom stereocenters. The lowest BCUT2D eigenvalue weighted by Crippen LogP contribution is -2.48. The molecule has 2 heterocycles. The average Bonchev–Trinajstić information content (AvgIpc) is 2.92. The van der Waals surface area contributed by atoms with E-state index in [9.17, 15) is 18.4 Å². The zero-order valence-corrected chi connectivity index (χ0v) is 16.9. The van der Waals surface area contributed by atoms with Crippen LogP contribution < -0.4 is 0 Å². The van der Waals surface area contributed by atoms with Gasteiger partial charge >= 0.3 is 6.09 Å². The predicted molar refractivity (Wildman–Crippen MR) is 101 cm³/mol. The standard InChI is InChI=1S/C21H28F2N2O3/c1-14(16-13-15(22)5-6-17(16)23)25-12-9-21(18(25)26)7-10-24(11-8-21)19(27)28-20(2,3)4/h5-6,13-14H,7-12H2,1-4H3. The maximum absolute atomic E-state index is 14.1. The smallest absolute Gasteiger partial charge is 0.410 e. The molecule has 2 aliphatic heterocycles. The number of ether oxygens (including phenoxy) is 1. The zero-order chi connectivity index (χ0) is 20.7. The molecule has 154 valence electrons. The van der Waals surface area contributed by atoms with Crippen LogP contribution in [0.1, 0.15) is 58.6 Å². The molecule has 0 aliphatic carbocycles. The summed E-state index contributed by atoms with van der Waals surface area (Å²) < 4.78 is 33.1. The molecule has 1 aromatic carbocycles. The van der Waals surface area contributed by atoms with E-state index >= 15 is 0 Å². The minimum Gasteiger partial charge on any atom is -0.444 e. The molecule has 0 saturated carbocycles. The van der Waals surface area contributed by atoms with E-state index in [1.165, 1.54) is 0 Å². The van der Waals surface area contributed by atoms with Crippen LogP contribution in [0.25, 0.3) is 0 Å². The van der Waals surface area contributed by atoms with Crippen LogP contribution in [-0.2, 0) is 9.53 Å². The van der Waals surface area contributed by atoms with Crippen molar-refractivity contribution < 1.29 is 23.1 Å². The van der Waals surface area contributed by atoms with E-state index in [-0.39, 0.29) is 17.6 Å². The SMILES string of the molecule is CC(c1cc(F)ccc1F)N1CCC2(CCN(C(=O)OC(C)(C)C)CC2)C1=O. The van der Waals surface area contributed by atoms with Crippen LogP contribution in [0.3, 0.4) is 0 Å². The normalized spacial score (nSPS) is 20.6. The average molecular weight is 394 g/mol. The molecule has 2 amide bonds. The second-order valence-corrected chi connectivity index (χ2v) is 8.84. The molecule has 1 spiro atoms. The molecular formula is C21H28F2N2O3. The Morgan fingerprint density at radius 1 is 1.14 bits per heavy atom. The van der Waals surface area contributed by atoms with E-state index in [1.807, 2.05) is 20.8 Å². The van der Waals surface area contributed by atoms with Crippen molar-refractivity contribution in [2.45, 2.75) is 58.6 Å². The van der Waals surface area contributed by atoms with Gasteiger partial charge in [0, 0.05) is 25.2 Å². The summed E-state index contributed by atoms with van der Waals surface area (Å²) in [5.74, 6) is -1.06. The van der Waals surface area contributed by atoms with Gasteiger partial charge in [-0.2, -0.15) is 0 Å². The lowest BCUT2D eigenvalue weighted by Gasteiger charge is -2.38. The Kier molecular flexibility index (Phi) is 5.38. The molecule has 5 nitrogen and oxygen atoms in total. The number of carbonyl (C=O) groups is 2. The summed E-state index contributed by atoms with van der Waals surface area (Å²) in [6.07, 6.45) is 1.41. The number of carbonyl (C=O) groups excluding carboxylic acids is 2. The van der Waals surface area contributed by atoms with Gasteiger partial charge in [-0.3, -0.25) is 4.79 Å². The minimum atomic E-state index is -0.559. The summed E-state index contributed by atoms with van der Waals surface area (Å²) in [6.45, 7) is 8.60. The first kappa shape index (κ1) is 20.6. The van der Waals surface area contributed by atoms with Crippen molar-refractivity contribution in [2.75, 3.05) is 19.6 Å². The molecule has 0 N–H and O–H groups in total. The van der Waals surface area contributed by atoms with Crippen LogP contribution in [0.5, 0.6) is 0 Å². The Morgan fingerprint density at radius 2 is 1.75 bits per heavy atom. The Bertz CT molecular complexity index is 767. The third kappa shape index (κ3) is 3.98. The fraction of sp³-hybridized carbons (Fsp3) is 0.619. The van der Waals surface area contributed by atoms with Crippen LogP contribution in [0.15, 0.2) is 18.2 Å². The second-order valence-electron chi connectivity index (χ2n) is 8.84. The van der Waals surface area contributed by atoms with E-state index in [0.29, 0.717) is 38.9 Å². The highest BCUT2D eigenvalue weighted by atomic mass is 19.1. The molecule has 28 heavy (non-hydrogen) atoms. The lowest BCUT2D eigenvalue weighted by molar-refractivity contribution is -0.140. The van der Waals surface area contributed by atoms with Gasteiger partial charge in [0.05, 0.1) is 11.5 Å². The summed E-state index contributed by atoms with van der Waals surface area (Å²) in [5.41, 5.74) is -0.899. The van der Waals surface area contributed by atoms with Crippen LogP contribution >= 0.6 is 0 Å². The van der Waals surface area contributed by atoms with Crippen molar-refractivity contribution in [2.24, 2.45) is 5.41 Å². The molecule has 0 bridgehead atoms. The summed E-state index contributed by atoms with van der Waals surface area (Å²) in [6, 6.07) is 2.79. The van der Waals surface area contributed by atoms with Crippen LogP contribution in [0, 0.1) is 17.0 Å². The van der Waals surface area contributed by atoms with Gasteiger partial charge in [0.25, 0.3) is 0 Å². The van der Waals surface area contributed by atoms with Gasteiger partial charge in [0.15, 0.2) is 0 Å². The van der Waals surface area contributed by atoms with Gasteiger partial charge in [-0.1, -0.05) is 0 Å². The number of rotatable bonds is 2. The van der Waals surface area contributed by atoms with Crippen molar-refractivity contribution in [1.29, 1.82) is 0 Å². The van der Waals surface area contributed by atoms with E-state index < -0.39 is 28.7 Å². The van der Waals surface area contributed by atoms with Crippen molar-refractivity contribution in [1.82, 2.24) is 9.80 Å². The van der Waals surface area contributed by atoms with Gasteiger partial charge in [-0.05, 0) is 65.2 Å². The van der Waals surface area contributed by atoms with E-state index in [4.69, 9.17) is 4.74 Å². The fourth-order valence-corrected chi connectivity index (χ4v) is 4.13. The number of likely N-dealkylation sites (tertiary alicyclic amines) is 2. The highest BCUT2D eigenvalue weighted by molar-refractivity contribution is 5.85. The molecule has 2 aliphatic rings. The zero-order valence-electron chi connectivity index (χ0n) is 16.9. The Balaban J connectivity index is 1.67. The number of nitrogens with zero attached hydrogens (tertiary/aromatic N) is 2. The van der Waals surface area contributed by atoms with Gasteiger partial charge in [0.1, 0.15) is 17.2 Å². The largest absolute Gasteiger partial charge is 0.444 e. The van der Waals surface area contributed by atoms with Crippen LogP contribution in [0.2, 0.25) is 0 Å². The second kappa shape index (κ2) is 7.33. The molecule has 1 unspecified atom stereocenters. The number of benzene rings is 1. The monoisotopic (exact) mass is 394 g/mol. The van der Waals surface area contributed by atoms with Gasteiger partial charge < -0.3 is 14.5 Å². The maximum Gasteiger partial charge on any atom is 0.410 e. The lowest BCUT2D eigenvalue weighted by atomic mass is 9.77. The first-order valence-corrected chi connectivity index (χ1v) is 9.76. The molecule has 1 aromatic rings. The highest BCUT2D eigenvalue weighted by Crippen LogP contribution is 2.44. The molecule has 3 rings (SSSR count). The molecule has 2 saturated heterocycles. The molecule has 7 heteroatoms. The predicted octanol–water partition coefficient (Wildman–Crippen LogP) is 4.28. The summed E-state index contributed by atoms with van der Waals surface area (Å²) >= 11 is 0. The fourth-order valence-electron chi connectivity index (χ4n) is 4.13. The minimum absolute atomic E-state index is 0.0347. The summed E-state index contributed by atoms with van der Waals surface area (Å²) in [7, 11) is 0. The highest BCUT2D eigenvalue weighted by Gasteiger charge is 2.50. The third-order valence-electron chi connectivity index (χ3n) is 5.79. The van der Waals surface area contributed by atoms with E-state index in [1.54, 1.807) is 16.7 Å². The Labute approximate surface area is 164 Å². The Morgan fingerprint density at radius 3 is 2.36 bits per heavy atom. The van der Waals surface area contributed by atoms with Crippen LogP contribution in [0.4, 0.5) is 13.6 Å².